The molecule has 8 nitrogen and oxygen atoms in total. The van der Waals surface area contributed by atoms with Gasteiger partial charge in [-0.05, 0) is 23.8 Å². The fourth-order valence-corrected chi connectivity index (χ4v) is 2.56. The Balaban J connectivity index is 0.00000196. The molecule has 2 aromatic carbocycles. The summed E-state index contributed by atoms with van der Waals surface area (Å²) < 4.78 is 0. The molecule has 0 unspecified atom stereocenters. The van der Waals surface area contributed by atoms with Crippen molar-refractivity contribution in [2.45, 2.75) is 12.5 Å². The number of hydrogen-bond donors (Lipinski definition) is 2. The zero-order chi connectivity index (χ0) is 18.7. The number of rotatable bonds is 6. The van der Waals surface area contributed by atoms with Crippen molar-refractivity contribution in [3.63, 3.8) is 0 Å². The molecule has 0 radical (unpaired) electrons. The molecule has 0 aliphatic rings. The molecule has 10 heteroatoms. The van der Waals surface area contributed by atoms with Crippen LogP contribution in [0, 0.1) is 0 Å². The third-order valence-corrected chi connectivity index (χ3v) is 3.87. The summed E-state index contributed by atoms with van der Waals surface area (Å²) in [5.41, 5.74) is 1.24. The standard InChI is InChI=1S/C18H15N3O5.2Na/c22-16-6-5-11(8-13(16)17(23)24)20-21-15(18(25)26)7-10-9-19-14-4-2-1-3-12(10)14;;/h1-6,8-9,15,19,22H,7H2,(H,23,24)(H,25,26);;/q;2*+1/p-2/t15-;;/m0../s1. The normalized spacial score (nSPS) is 11.6. The van der Waals surface area contributed by atoms with E-state index >= 15 is 0 Å². The molecule has 0 saturated carbocycles. The molecule has 28 heavy (non-hydrogen) atoms. The van der Waals surface area contributed by atoms with Crippen LogP contribution in [0.15, 0.2) is 58.9 Å². The molecule has 0 aliphatic heterocycles. The number of azo groups is 1. The number of benzene rings is 2. The number of nitrogens with one attached hydrogen (secondary N) is 1. The zero-order valence-electron chi connectivity index (χ0n) is 15.4. The van der Waals surface area contributed by atoms with Crippen LogP contribution in [0.4, 0.5) is 5.69 Å². The van der Waals surface area contributed by atoms with Gasteiger partial charge in [0.2, 0.25) is 0 Å². The second kappa shape index (κ2) is 10.8. The summed E-state index contributed by atoms with van der Waals surface area (Å²) in [4.78, 5) is 25.4. The third-order valence-electron chi connectivity index (χ3n) is 3.87. The maximum Gasteiger partial charge on any atom is 1.00 e. The molecule has 0 amide bonds. The molecule has 1 atom stereocenters. The van der Waals surface area contributed by atoms with Crippen LogP contribution in [-0.4, -0.2) is 28.1 Å². The fraction of sp³-hybridized carbons (Fsp3) is 0.111. The number of carbonyl (C=O) groups is 2. The van der Waals surface area contributed by atoms with Gasteiger partial charge >= 0.3 is 65.1 Å². The number of carboxylic acids is 2. The summed E-state index contributed by atoms with van der Waals surface area (Å²) in [7, 11) is 0. The zero-order valence-corrected chi connectivity index (χ0v) is 19.4. The van der Waals surface area contributed by atoms with E-state index in [1.807, 2.05) is 24.3 Å². The van der Waals surface area contributed by atoms with E-state index in [0.29, 0.717) is 0 Å². The van der Waals surface area contributed by atoms with Gasteiger partial charge in [-0.2, -0.15) is 10.2 Å². The predicted molar refractivity (Wildman–Crippen MR) is 88.2 cm³/mol. The Kier molecular flexibility index (Phi) is 9.35. The number of carbonyl (C=O) groups excluding carboxylic acids is 1. The molecule has 0 aliphatic carbocycles. The first-order chi connectivity index (χ1) is 12.5. The average molecular weight is 397 g/mol. The van der Waals surface area contributed by atoms with E-state index in [1.165, 1.54) is 6.07 Å². The van der Waals surface area contributed by atoms with Crippen molar-refractivity contribution in [3.05, 3.63) is 59.8 Å². The molecule has 1 aromatic heterocycles. The second-order valence-electron chi connectivity index (χ2n) is 5.60. The molecule has 0 saturated heterocycles. The van der Waals surface area contributed by atoms with Crippen molar-refractivity contribution in [2.75, 3.05) is 0 Å². The van der Waals surface area contributed by atoms with Crippen LogP contribution in [0.5, 0.6) is 5.75 Å². The smallest absolute Gasteiger partial charge is 0.872 e. The molecule has 2 N–H and O–H groups in total. The Bertz CT molecular complexity index is 1020. The molecule has 0 fully saturated rings. The van der Waals surface area contributed by atoms with Crippen LogP contribution in [-0.2, 0) is 11.2 Å². The fourth-order valence-electron chi connectivity index (χ4n) is 2.56. The van der Waals surface area contributed by atoms with Crippen LogP contribution in [0.3, 0.4) is 0 Å². The Labute approximate surface area is 204 Å². The minimum Gasteiger partial charge on any atom is -0.872 e. The first-order valence-electron chi connectivity index (χ1n) is 7.67. The summed E-state index contributed by atoms with van der Waals surface area (Å²) in [6.07, 6.45) is 1.76. The Morgan fingerprint density at radius 2 is 1.86 bits per heavy atom. The van der Waals surface area contributed by atoms with Crippen LogP contribution in [0.1, 0.15) is 15.9 Å². The number of hydrogen-bond acceptors (Lipinski definition) is 6. The summed E-state index contributed by atoms with van der Waals surface area (Å²) in [6.45, 7) is 0. The molecule has 132 valence electrons. The predicted octanol–water partition coefficient (Wildman–Crippen LogP) is -4.61. The number of aliphatic carboxylic acids is 1. The van der Waals surface area contributed by atoms with E-state index in [2.05, 4.69) is 15.2 Å². The van der Waals surface area contributed by atoms with Crippen LogP contribution in [0.2, 0.25) is 0 Å². The summed E-state index contributed by atoms with van der Waals surface area (Å²) in [5.74, 6) is -3.45. The summed E-state index contributed by atoms with van der Waals surface area (Å²) >= 11 is 0. The number of aromatic nitrogens is 1. The van der Waals surface area contributed by atoms with Crippen molar-refractivity contribution in [3.8, 4) is 5.75 Å². The van der Waals surface area contributed by atoms with Gasteiger partial charge in [-0.25, -0.2) is 4.79 Å². The Hall–Kier alpha value is -1.68. The maximum absolute atomic E-state index is 11.4. The number of aromatic amines is 1. The molecule has 3 aromatic rings. The van der Waals surface area contributed by atoms with Gasteiger partial charge in [-0.15, -0.1) is 0 Å². The number of fused-ring (bicyclic) bond motifs is 1. The Morgan fingerprint density at radius 1 is 1.14 bits per heavy atom. The van der Waals surface area contributed by atoms with Crippen LogP contribution in [0.25, 0.3) is 10.9 Å². The SMILES string of the molecule is O=C(O)c1cc(N=N[C@@H](Cc2c[nH]c3ccccc23)C(=O)[O-])ccc1[O-].[Na+].[Na+]. The van der Waals surface area contributed by atoms with Crippen molar-refractivity contribution in [1.82, 2.24) is 4.98 Å². The average Bonchev–Trinajstić information content (AvgIpc) is 3.02. The van der Waals surface area contributed by atoms with Crippen LogP contribution >= 0.6 is 0 Å². The minimum absolute atomic E-state index is 0. The third kappa shape index (κ3) is 5.66. The van der Waals surface area contributed by atoms with Gasteiger partial charge < -0.3 is 25.1 Å². The van der Waals surface area contributed by atoms with Gasteiger partial charge in [0.1, 0.15) is 6.04 Å². The van der Waals surface area contributed by atoms with Crippen molar-refractivity contribution >= 4 is 28.5 Å². The molecular formula is C18H13N3Na2O5. The van der Waals surface area contributed by atoms with E-state index in [9.17, 15) is 19.8 Å². The number of aromatic carboxylic acids is 1. The molecular weight excluding hydrogens is 384 g/mol. The van der Waals surface area contributed by atoms with Crippen molar-refractivity contribution < 1.29 is 84.0 Å². The van der Waals surface area contributed by atoms with Gasteiger partial charge in [-0.1, -0.05) is 30.0 Å². The number of para-hydroxylation sites is 1. The molecule has 3 rings (SSSR count). The van der Waals surface area contributed by atoms with Gasteiger partial charge in [-0.3, -0.25) is 0 Å². The maximum atomic E-state index is 11.4. The van der Waals surface area contributed by atoms with Crippen molar-refractivity contribution in [2.24, 2.45) is 10.2 Å². The van der Waals surface area contributed by atoms with E-state index in [4.69, 9.17) is 5.11 Å². The minimum atomic E-state index is -1.40. The number of H-pyrrole nitrogens is 1. The molecule has 0 bridgehead atoms. The van der Waals surface area contributed by atoms with Gasteiger partial charge in [0.05, 0.1) is 17.2 Å². The molecule has 0 spiro atoms. The summed E-state index contributed by atoms with van der Waals surface area (Å²) in [5, 5.41) is 40.2. The van der Waals surface area contributed by atoms with E-state index < -0.39 is 29.3 Å². The first kappa shape index (κ1) is 24.4. The first-order valence-corrected chi connectivity index (χ1v) is 7.67. The van der Waals surface area contributed by atoms with Crippen LogP contribution < -0.4 is 69.3 Å². The Morgan fingerprint density at radius 3 is 2.54 bits per heavy atom. The quantitative estimate of drug-likeness (QED) is 0.318. The van der Waals surface area contributed by atoms with Gasteiger partial charge in [0.15, 0.2) is 0 Å². The van der Waals surface area contributed by atoms with Gasteiger partial charge in [0, 0.05) is 23.5 Å². The van der Waals surface area contributed by atoms with E-state index in [-0.39, 0.29) is 71.2 Å². The largest absolute Gasteiger partial charge is 1.00 e. The molecule has 1 heterocycles. The summed E-state index contributed by atoms with van der Waals surface area (Å²) in [6, 6.07) is 9.54. The monoisotopic (exact) mass is 397 g/mol. The topological polar surface area (TPSA) is 141 Å². The van der Waals surface area contributed by atoms with Gasteiger partial charge in [0.25, 0.3) is 0 Å². The van der Waals surface area contributed by atoms with Crippen molar-refractivity contribution in [1.29, 1.82) is 0 Å². The van der Waals surface area contributed by atoms with E-state index in [1.54, 1.807) is 6.20 Å². The van der Waals surface area contributed by atoms with E-state index in [0.717, 1.165) is 28.6 Å². The number of carboxylic acid groups (broad SMARTS) is 2. The second-order valence-corrected chi connectivity index (χ2v) is 5.60. The number of nitrogens with zero attached hydrogens (tertiary/aromatic N) is 2.